The first-order valence-corrected chi connectivity index (χ1v) is 5.09. The number of hydrogen-bond acceptors (Lipinski definition) is 0. The molecule has 0 saturated heterocycles. The predicted octanol–water partition coefficient (Wildman–Crippen LogP) is 4.05. The predicted molar refractivity (Wildman–Crippen MR) is 54.9 cm³/mol. The summed E-state index contributed by atoms with van der Waals surface area (Å²) < 4.78 is 0. The van der Waals surface area contributed by atoms with Gasteiger partial charge < -0.3 is 0 Å². The van der Waals surface area contributed by atoms with E-state index in [0.29, 0.717) is 0 Å². The molecule has 0 fully saturated rings. The van der Waals surface area contributed by atoms with E-state index in [9.17, 15) is 0 Å². The Morgan fingerprint density at radius 1 is 1.42 bits per heavy atom. The summed E-state index contributed by atoms with van der Waals surface area (Å²) in [6.45, 7) is 2.18. The van der Waals surface area contributed by atoms with E-state index in [1.54, 1.807) is 5.92 Å². The molecule has 0 spiro atoms. The molecule has 0 aromatic heterocycles. The number of rotatable bonds is 4. The Balaban J connectivity index is 2.09. The lowest BCUT2D eigenvalue weighted by Crippen LogP contribution is -1.97. The average molecular weight is 163 g/mol. The lowest BCUT2D eigenvalue weighted by Gasteiger charge is -2.13. The molecule has 0 unspecified atom stereocenters. The third kappa shape index (κ3) is 3.75. The van der Waals surface area contributed by atoms with Gasteiger partial charge in [-0.15, -0.1) is 0 Å². The third-order valence-electron chi connectivity index (χ3n) is 2.26. The van der Waals surface area contributed by atoms with Gasteiger partial charge in [-0.3, -0.25) is 0 Å². The van der Waals surface area contributed by atoms with Crippen molar-refractivity contribution in [1.82, 2.24) is 0 Å². The van der Waals surface area contributed by atoms with Crippen molar-refractivity contribution in [2.75, 3.05) is 0 Å². The molecule has 67 valence electrons. The molecule has 0 heteroatoms. The van der Waals surface area contributed by atoms with Gasteiger partial charge >= 0.3 is 0 Å². The second-order valence-electron chi connectivity index (χ2n) is 3.37. The van der Waals surface area contributed by atoms with E-state index in [0.717, 1.165) is 0 Å². The molecule has 12 heavy (non-hydrogen) atoms. The third-order valence-corrected chi connectivity index (χ3v) is 2.26. The zero-order valence-electron chi connectivity index (χ0n) is 8.05. The van der Waals surface area contributed by atoms with Gasteiger partial charge in [-0.2, -0.15) is 0 Å². The van der Waals surface area contributed by atoms with Crippen molar-refractivity contribution >= 4 is 0 Å². The average Bonchev–Trinajstić information content (AvgIpc) is 2.14. The molecule has 0 aliphatic heterocycles. The molecule has 1 aliphatic rings. The maximum atomic E-state index is 2.32. The van der Waals surface area contributed by atoms with Crippen LogP contribution in [0.15, 0.2) is 24.3 Å². The Hall–Kier alpha value is -0.520. The Kier molecular flexibility index (Phi) is 4.82. The van der Waals surface area contributed by atoms with E-state index in [1.807, 2.05) is 0 Å². The van der Waals surface area contributed by atoms with Crippen molar-refractivity contribution in [2.45, 2.75) is 45.4 Å². The van der Waals surface area contributed by atoms with Gasteiger partial charge in [-0.25, -0.2) is 0 Å². The molecule has 1 aliphatic carbocycles. The van der Waals surface area contributed by atoms with Crippen LogP contribution in [0.25, 0.3) is 0 Å². The smallest absolute Gasteiger partial charge is 0.00242 e. The van der Waals surface area contributed by atoms with Crippen molar-refractivity contribution in [2.24, 2.45) is 0 Å². The zero-order chi connectivity index (χ0) is 8.65. The number of allylic oxidation sites excluding steroid dienone is 4. The summed E-state index contributed by atoms with van der Waals surface area (Å²) in [4.78, 5) is 0. The Labute approximate surface area is 76.4 Å². The first-order chi connectivity index (χ1) is 5.93. The summed E-state index contributed by atoms with van der Waals surface area (Å²) in [5.41, 5.74) is 0. The van der Waals surface area contributed by atoms with E-state index < -0.39 is 0 Å². The van der Waals surface area contributed by atoms with Crippen LogP contribution in [0.1, 0.15) is 45.4 Å². The van der Waals surface area contributed by atoms with Gasteiger partial charge in [0.2, 0.25) is 0 Å². The standard InChI is InChI=1S/C12H19/c1-2-3-4-6-9-12-10-7-5-8-11-12/h3-4,7,10H,2,5-6,8-9,11H2,1H3. The van der Waals surface area contributed by atoms with Gasteiger partial charge in [0.05, 0.1) is 0 Å². The normalized spacial score (nSPS) is 19.1. The van der Waals surface area contributed by atoms with E-state index in [4.69, 9.17) is 0 Å². The van der Waals surface area contributed by atoms with Gasteiger partial charge in [0, 0.05) is 0 Å². The summed E-state index contributed by atoms with van der Waals surface area (Å²) in [6, 6.07) is 0. The molecular formula is C12H19. The minimum Gasteiger partial charge on any atom is -0.0888 e. The molecule has 0 amide bonds. The van der Waals surface area contributed by atoms with E-state index >= 15 is 0 Å². The molecule has 0 heterocycles. The first-order valence-electron chi connectivity index (χ1n) is 5.09. The fourth-order valence-corrected chi connectivity index (χ4v) is 1.54. The van der Waals surface area contributed by atoms with Crippen LogP contribution in [-0.2, 0) is 0 Å². The van der Waals surface area contributed by atoms with Gasteiger partial charge in [-0.1, -0.05) is 31.2 Å². The maximum absolute atomic E-state index is 2.32. The fourth-order valence-electron chi connectivity index (χ4n) is 1.54. The summed E-state index contributed by atoms with van der Waals surface area (Å²) in [5, 5.41) is 0. The Morgan fingerprint density at radius 3 is 3.00 bits per heavy atom. The van der Waals surface area contributed by atoms with Crippen LogP contribution < -0.4 is 0 Å². The Bertz CT molecular complexity index is 153. The van der Waals surface area contributed by atoms with Crippen molar-refractivity contribution in [3.8, 4) is 0 Å². The monoisotopic (exact) mass is 163 g/mol. The van der Waals surface area contributed by atoms with Crippen LogP contribution in [-0.4, -0.2) is 0 Å². The van der Waals surface area contributed by atoms with Crippen molar-refractivity contribution < 1.29 is 0 Å². The molecule has 0 N–H and O–H groups in total. The van der Waals surface area contributed by atoms with Crippen molar-refractivity contribution in [3.63, 3.8) is 0 Å². The van der Waals surface area contributed by atoms with Crippen LogP contribution in [0.2, 0.25) is 0 Å². The lowest BCUT2D eigenvalue weighted by atomic mass is 9.92. The maximum Gasteiger partial charge on any atom is -0.00242 e. The van der Waals surface area contributed by atoms with E-state index in [2.05, 4.69) is 31.2 Å². The van der Waals surface area contributed by atoms with Crippen LogP contribution >= 0.6 is 0 Å². The first kappa shape index (κ1) is 9.57. The van der Waals surface area contributed by atoms with Crippen molar-refractivity contribution in [1.29, 1.82) is 0 Å². The SMILES string of the molecule is CCC=CCC[C]1C=CCCC1. The summed E-state index contributed by atoms with van der Waals surface area (Å²) in [5.74, 6) is 1.64. The van der Waals surface area contributed by atoms with Gasteiger partial charge in [0.15, 0.2) is 0 Å². The van der Waals surface area contributed by atoms with Gasteiger partial charge in [-0.05, 0) is 44.4 Å². The molecule has 0 nitrogen and oxygen atoms in total. The van der Waals surface area contributed by atoms with Crippen molar-refractivity contribution in [3.05, 3.63) is 30.2 Å². The Morgan fingerprint density at radius 2 is 2.33 bits per heavy atom. The minimum atomic E-state index is 1.17. The molecule has 0 aromatic carbocycles. The van der Waals surface area contributed by atoms with E-state index in [1.165, 1.54) is 38.5 Å². The largest absolute Gasteiger partial charge is 0.0888 e. The quantitative estimate of drug-likeness (QED) is 0.548. The highest BCUT2D eigenvalue weighted by Crippen LogP contribution is 2.23. The van der Waals surface area contributed by atoms with E-state index in [-0.39, 0.29) is 0 Å². The summed E-state index contributed by atoms with van der Waals surface area (Å²) >= 11 is 0. The van der Waals surface area contributed by atoms with Crippen LogP contribution in [0.4, 0.5) is 0 Å². The van der Waals surface area contributed by atoms with Crippen LogP contribution in [0.5, 0.6) is 0 Å². The number of hydrogen-bond donors (Lipinski definition) is 0. The summed E-state index contributed by atoms with van der Waals surface area (Å²) in [6.07, 6.45) is 16.8. The van der Waals surface area contributed by atoms with Gasteiger partial charge in [0.1, 0.15) is 0 Å². The fraction of sp³-hybridized carbons (Fsp3) is 0.583. The second kappa shape index (κ2) is 6.05. The second-order valence-corrected chi connectivity index (χ2v) is 3.37. The molecule has 1 radical (unpaired) electrons. The van der Waals surface area contributed by atoms with Crippen LogP contribution in [0, 0.1) is 5.92 Å². The minimum absolute atomic E-state index is 1.17. The summed E-state index contributed by atoms with van der Waals surface area (Å²) in [7, 11) is 0. The van der Waals surface area contributed by atoms with Crippen LogP contribution in [0.3, 0.4) is 0 Å². The molecule has 0 aromatic rings. The lowest BCUT2D eigenvalue weighted by molar-refractivity contribution is 0.698. The molecule has 0 saturated carbocycles. The highest BCUT2D eigenvalue weighted by Gasteiger charge is 2.06. The molecule has 0 bridgehead atoms. The van der Waals surface area contributed by atoms with Gasteiger partial charge in [0.25, 0.3) is 0 Å². The molecular weight excluding hydrogens is 144 g/mol. The molecule has 1 rings (SSSR count). The highest BCUT2D eigenvalue weighted by molar-refractivity contribution is 5.13. The topological polar surface area (TPSA) is 0 Å². The highest BCUT2D eigenvalue weighted by atomic mass is 14.1. The molecule has 0 atom stereocenters. The zero-order valence-corrected chi connectivity index (χ0v) is 8.05.